The maximum absolute atomic E-state index is 10.9. The maximum atomic E-state index is 10.9. The third kappa shape index (κ3) is 2.04. The molecule has 2 rings (SSSR count). The second-order valence-corrected chi connectivity index (χ2v) is 5.81. The lowest BCUT2D eigenvalue weighted by molar-refractivity contribution is -0.0686. The summed E-state index contributed by atoms with van der Waals surface area (Å²) in [7, 11) is 0. The van der Waals surface area contributed by atoms with Crippen molar-refractivity contribution in [3.8, 4) is 6.07 Å². The average Bonchev–Trinajstić information content (AvgIpc) is 2.41. The number of aliphatic hydroxyl groups is 1. The van der Waals surface area contributed by atoms with E-state index in [4.69, 9.17) is 0 Å². The molecule has 1 aromatic carbocycles. The molecule has 0 aromatic heterocycles. The smallest absolute Gasteiger partial charge is 0.105 e. The van der Waals surface area contributed by atoms with Crippen molar-refractivity contribution in [2.45, 2.75) is 45.1 Å². The molecule has 1 atom stereocenters. The molecule has 1 saturated carbocycles. The van der Waals surface area contributed by atoms with E-state index >= 15 is 0 Å². The summed E-state index contributed by atoms with van der Waals surface area (Å²) in [5, 5.41) is 20.5. The third-order valence-electron chi connectivity index (χ3n) is 4.61. The maximum Gasteiger partial charge on any atom is 0.105 e. The Hall–Kier alpha value is -1.33. The minimum absolute atomic E-state index is 0.638. The monoisotopic (exact) mass is 243 g/mol. The van der Waals surface area contributed by atoms with E-state index in [0.29, 0.717) is 5.92 Å². The van der Waals surface area contributed by atoms with Crippen LogP contribution in [0.2, 0.25) is 0 Å². The van der Waals surface area contributed by atoms with E-state index in [1.165, 1.54) is 0 Å². The molecule has 0 amide bonds. The predicted molar refractivity (Wildman–Crippen MR) is 71.7 cm³/mol. The van der Waals surface area contributed by atoms with E-state index < -0.39 is 11.0 Å². The molecule has 1 aliphatic rings. The molecule has 1 unspecified atom stereocenters. The first-order chi connectivity index (χ1) is 8.52. The highest BCUT2D eigenvalue weighted by Gasteiger charge is 2.49. The normalized spacial score (nSPS) is 31.3. The van der Waals surface area contributed by atoms with Gasteiger partial charge in [0.2, 0.25) is 0 Å². The Balaban J connectivity index is 2.36. The van der Waals surface area contributed by atoms with Crippen molar-refractivity contribution in [2.75, 3.05) is 0 Å². The van der Waals surface area contributed by atoms with Gasteiger partial charge in [-0.25, -0.2) is 0 Å². The zero-order chi connectivity index (χ0) is 13.2. The Morgan fingerprint density at radius 3 is 2.33 bits per heavy atom. The Labute approximate surface area is 109 Å². The Bertz CT molecular complexity index is 436. The van der Waals surface area contributed by atoms with Crippen LogP contribution in [0.25, 0.3) is 0 Å². The largest absolute Gasteiger partial charge is 0.384 e. The van der Waals surface area contributed by atoms with E-state index in [1.54, 1.807) is 6.92 Å². The lowest BCUT2D eigenvalue weighted by Gasteiger charge is -2.44. The van der Waals surface area contributed by atoms with Gasteiger partial charge in [0.05, 0.1) is 11.5 Å². The standard InChI is InChI=1S/C16H21NO/c1-13-8-10-16(12-17,11-9-13)15(2,18)14-6-4-3-5-7-14/h3-7,13,18H,8-11H2,1-2H3. The molecule has 1 N–H and O–H groups in total. The topological polar surface area (TPSA) is 44.0 Å². The zero-order valence-electron chi connectivity index (χ0n) is 11.2. The molecule has 18 heavy (non-hydrogen) atoms. The van der Waals surface area contributed by atoms with E-state index in [0.717, 1.165) is 31.2 Å². The van der Waals surface area contributed by atoms with Crippen LogP contribution in [-0.4, -0.2) is 5.11 Å². The van der Waals surface area contributed by atoms with Gasteiger partial charge >= 0.3 is 0 Å². The first kappa shape index (κ1) is 13.1. The lowest BCUT2D eigenvalue weighted by atomic mass is 9.61. The predicted octanol–water partition coefficient (Wildman–Crippen LogP) is 3.61. The van der Waals surface area contributed by atoms with Crippen molar-refractivity contribution in [3.05, 3.63) is 35.9 Å². The average molecular weight is 243 g/mol. The fourth-order valence-electron chi connectivity index (χ4n) is 3.00. The van der Waals surface area contributed by atoms with Gasteiger partial charge in [0.1, 0.15) is 5.60 Å². The summed E-state index contributed by atoms with van der Waals surface area (Å²) < 4.78 is 0. The molecule has 0 saturated heterocycles. The number of nitriles is 1. The Morgan fingerprint density at radius 1 is 1.28 bits per heavy atom. The van der Waals surface area contributed by atoms with Crippen molar-refractivity contribution >= 4 is 0 Å². The first-order valence-corrected chi connectivity index (χ1v) is 6.71. The quantitative estimate of drug-likeness (QED) is 0.862. The van der Waals surface area contributed by atoms with Crippen molar-refractivity contribution < 1.29 is 5.11 Å². The number of hydrogen-bond acceptors (Lipinski definition) is 2. The molecule has 0 heterocycles. The molecule has 0 bridgehead atoms. The Morgan fingerprint density at radius 2 is 1.83 bits per heavy atom. The van der Waals surface area contributed by atoms with E-state index in [1.807, 2.05) is 30.3 Å². The van der Waals surface area contributed by atoms with Gasteiger partial charge in [-0.15, -0.1) is 0 Å². The highest BCUT2D eigenvalue weighted by Crippen LogP contribution is 2.50. The van der Waals surface area contributed by atoms with Gasteiger partial charge in [-0.1, -0.05) is 37.3 Å². The van der Waals surface area contributed by atoms with E-state index in [2.05, 4.69) is 13.0 Å². The first-order valence-electron chi connectivity index (χ1n) is 6.71. The van der Waals surface area contributed by atoms with Crippen LogP contribution in [0, 0.1) is 22.7 Å². The summed E-state index contributed by atoms with van der Waals surface area (Å²) in [6.45, 7) is 4.01. The van der Waals surface area contributed by atoms with Crippen molar-refractivity contribution in [1.82, 2.24) is 0 Å². The SMILES string of the molecule is CC1CCC(C#N)(C(C)(O)c2ccccc2)CC1. The molecule has 1 aliphatic carbocycles. The van der Waals surface area contributed by atoms with Gasteiger partial charge in [-0.2, -0.15) is 5.26 Å². The second-order valence-electron chi connectivity index (χ2n) is 5.81. The van der Waals surface area contributed by atoms with Gasteiger partial charge < -0.3 is 5.11 Å². The summed E-state index contributed by atoms with van der Waals surface area (Å²) >= 11 is 0. The molecule has 2 nitrogen and oxygen atoms in total. The number of rotatable bonds is 2. The molecule has 1 fully saturated rings. The summed E-state index contributed by atoms with van der Waals surface area (Å²) in [5.74, 6) is 0.665. The summed E-state index contributed by atoms with van der Waals surface area (Å²) in [5.41, 5.74) is -0.856. The van der Waals surface area contributed by atoms with Gasteiger partial charge in [0.25, 0.3) is 0 Å². The molecule has 2 heteroatoms. The van der Waals surface area contributed by atoms with Gasteiger partial charge in [-0.05, 0) is 44.1 Å². The van der Waals surface area contributed by atoms with Crippen molar-refractivity contribution in [1.29, 1.82) is 5.26 Å². The van der Waals surface area contributed by atoms with Crippen LogP contribution in [0.1, 0.15) is 45.1 Å². The Kier molecular flexibility index (Phi) is 3.45. The lowest BCUT2D eigenvalue weighted by Crippen LogP contribution is -2.44. The highest BCUT2D eigenvalue weighted by molar-refractivity contribution is 5.28. The summed E-state index contributed by atoms with van der Waals surface area (Å²) in [6, 6.07) is 12.0. The van der Waals surface area contributed by atoms with Crippen LogP contribution in [0.5, 0.6) is 0 Å². The van der Waals surface area contributed by atoms with Crippen LogP contribution < -0.4 is 0 Å². The highest BCUT2D eigenvalue weighted by atomic mass is 16.3. The molecule has 0 radical (unpaired) electrons. The molecular formula is C16H21NO. The van der Waals surface area contributed by atoms with Crippen LogP contribution in [-0.2, 0) is 5.60 Å². The summed E-state index contributed by atoms with van der Waals surface area (Å²) in [4.78, 5) is 0. The number of benzene rings is 1. The fourth-order valence-corrected chi connectivity index (χ4v) is 3.00. The van der Waals surface area contributed by atoms with Gasteiger partial charge in [0, 0.05) is 0 Å². The third-order valence-corrected chi connectivity index (χ3v) is 4.61. The van der Waals surface area contributed by atoms with Crippen LogP contribution >= 0.6 is 0 Å². The van der Waals surface area contributed by atoms with Crippen LogP contribution in [0.15, 0.2) is 30.3 Å². The fraction of sp³-hybridized carbons (Fsp3) is 0.562. The molecule has 96 valence electrons. The minimum Gasteiger partial charge on any atom is -0.384 e. The number of hydrogen-bond donors (Lipinski definition) is 1. The van der Waals surface area contributed by atoms with E-state index in [-0.39, 0.29) is 0 Å². The number of nitrogens with zero attached hydrogens (tertiary/aromatic N) is 1. The molecule has 1 aromatic rings. The van der Waals surface area contributed by atoms with Crippen molar-refractivity contribution in [3.63, 3.8) is 0 Å². The van der Waals surface area contributed by atoms with Crippen LogP contribution in [0.3, 0.4) is 0 Å². The minimum atomic E-state index is -1.07. The van der Waals surface area contributed by atoms with Crippen LogP contribution in [0.4, 0.5) is 0 Å². The second kappa shape index (κ2) is 4.74. The molecular weight excluding hydrogens is 222 g/mol. The molecule has 0 spiro atoms. The zero-order valence-corrected chi connectivity index (χ0v) is 11.2. The van der Waals surface area contributed by atoms with Gasteiger partial charge in [0.15, 0.2) is 0 Å². The van der Waals surface area contributed by atoms with E-state index in [9.17, 15) is 10.4 Å². The molecule has 0 aliphatic heterocycles. The van der Waals surface area contributed by atoms with Crippen molar-refractivity contribution in [2.24, 2.45) is 11.3 Å². The van der Waals surface area contributed by atoms with Gasteiger partial charge in [-0.3, -0.25) is 0 Å². The summed E-state index contributed by atoms with van der Waals surface area (Å²) in [6.07, 6.45) is 3.62.